The van der Waals surface area contributed by atoms with E-state index in [4.69, 9.17) is 4.74 Å². The lowest BCUT2D eigenvalue weighted by Crippen LogP contribution is -2.50. The van der Waals surface area contributed by atoms with Crippen molar-refractivity contribution < 1.29 is 22.7 Å². The fourth-order valence-electron chi connectivity index (χ4n) is 3.03. The lowest BCUT2D eigenvalue weighted by atomic mass is 10.0. The van der Waals surface area contributed by atoms with Gasteiger partial charge >= 0.3 is 11.9 Å². The minimum Gasteiger partial charge on any atom is -0.370 e. The van der Waals surface area contributed by atoms with E-state index >= 15 is 0 Å². The molecule has 0 aliphatic carbocycles. The number of hydrogen-bond acceptors (Lipinski definition) is 4. The maximum Gasteiger partial charge on any atom is 0.416 e. The average Bonchev–Trinajstić information content (AvgIpc) is 2.65. The van der Waals surface area contributed by atoms with Crippen molar-refractivity contribution in [3.8, 4) is 0 Å². The van der Waals surface area contributed by atoms with Gasteiger partial charge in [0.05, 0.1) is 24.8 Å². The van der Waals surface area contributed by atoms with Gasteiger partial charge in [-0.2, -0.15) is 13.2 Å². The monoisotopic (exact) mass is 397 g/mol. The van der Waals surface area contributed by atoms with Crippen molar-refractivity contribution in [3.63, 3.8) is 0 Å². The number of alkyl halides is 3. The molecule has 3 rings (SSSR count). The van der Waals surface area contributed by atoms with Gasteiger partial charge in [-0.25, -0.2) is 4.79 Å². The quantitative estimate of drug-likeness (QED) is 0.836. The highest BCUT2D eigenvalue weighted by Crippen LogP contribution is 2.33. The van der Waals surface area contributed by atoms with Crippen molar-refractivity contribution in [1.82, 2.24) is 14.5 Å². The molecule has 150 valence electrons. The summed E-state index contributed by atoms with van der Waals surface area (Å²) in [5, 5.41) is 0. The number of halogens is 3. The van der Waals surface area contributed by atoms with Crippen LogP contribution in [0.5, 0.6) is 0 Å². The number of rotatable bonds is 2. The Bertz CT molecular complexity index is 1010. The molecule has 7 nitrogen and oxygen atoms in total. The van der Waals surface area contributed by atoms with Crippen LogP contribution in [0.15, 0.2) is 40.1 Å². The topological polar surface area (TPSA) is 84.4 Å². The van der Waals surface area contributed by atoms with Gasteiger partial charge in [-0.15, -0.1) is 0 Å². The number of amides is 1. The summed E-state index contributed by atoms with van der Waals surface area (Å²) < 4.78 is 45.3. The Hall–Kier alpha value is -2.88. The number of morpholine rings is 1. The molecule has 0 bridgehead atoms. The minimum absolute atomic E-state index is 0.0242. The molecule has 1 saturated heterocycles. The normalized spacial score (nSPS) is 20.2. The zero-order valence-electron chi connectivity index (χ0n) is 15.1. The van der Waals surface area contributed by atoms with Gasteiger partial charge in [-0.05, 0) is 24.6 Å². The van der Waals surface area contributed by atoms with Crippen LogP contribution in [0, 0.1) is 0 Å². The molecule has 2 unspecified atom stereocenters. The summed E-state index contributed by atoms with van der Waals surface area (Å²) in [6, 6.07) is 4.33. The van der Waals surface area contributed by atoms with Crippen LogP contribution < -0.4 is 11.2 Å². The van der Waals surface area contributed by atoms with E-state index in [0.717, 1.165) is 22.9 Å². The maximum absolute atomic E-state index is 13.0. The first-order valence-electron chi connectivity index (χ1n) is 8.48. The molecule has 1 aliphatic rings. The number of carbonyl (C=O) groups excluding carboxylic acids is 1. The number of aromatic amines is 1. The number of nitrogens with one attached hydrogen (secondary N) is 1. The van der Waals surface area contributed by atoms with Crippen LogP contribution in [-0.4, -0.2) is 39.6 Å². The third-order valence-corrected chi connectivity index (χ3v) is 4.69. The summed E-state index contributed by atoms with van der Waals surface area (Å²) in [6.45, 7) is 1.77. The van der Waals surface area contributed by atoms with Crippen molar-refractivity contribution in [3.05, 3.63) is 68.0 Å². The van der Waals surface area contributed by atoms with E-state index in [0.29, 0.717) is 0 Å². The Balaban J connectivity index is 1.90. The van der Waals surface area contributed by atoms with Gasteiger partial charge in [0, 0.05) is 13.2 Å². The van der Waals surface area contributed by atoms with Crippen molar-refractivity contribution in [2.24, 2.45) is 7.05 Å². The molecule has 1 fully saturated rings. The summed E-state index contributed by atoms with van der Waals surface area (Å²) in [6.07, 6.45) is -4.21. The van der Waals surface area contributed by atoms with E-state index in [-0.39, 0.29) is 24.3 Å². The summed E-state index contributed by atoms with van der Waals surface area (Å²) in [4.78, 5) is 40.2. The first-order valence-corrected chi connectivity index (χ1v) is 8.48. The molecule has 2 atom stereocenters. The van der Waals surface area contributed by atoms with E-state index < -0.39 is 41.0 Å². The summed E-state index contributed by atoms with van der Waals surface area (Å²) >= 11 is 0. The predicted molar refractivity (Wildman–Crippen MR) is 92.9 cm³/mol. The molecular formula is C18H18F3N3O4. The third kappa shape index (κ3) is 3.72. The first-order chi connectivity index (χ1) is 13.1. The molecule has 0 radical (unpaired) electrons. The lowest BCUT2D eigenvalue weighted by Gasteiger charge is -2.38. The minimum atomic E-state index is -4.49. The van der Waals surface area contributed by atoms with Gasteiger partial charge in [0.15, 0.2) is 0 Å². The van der Waals surface area contributed by atoms with E-state index in [1.807, 2.05) is 0 Å². The van der Waals surface area contributed by atoms with Gasteiger partial charge in [0.25, 0.3) is 11.5 Å². The van der Waals surface area contributed by atoms with Crippen LogP contribution in [0.3, 0.4) is 0 Å². The average molecular weight is 397 g/mol. The van der Waals surface area contributed by atoms with Crippen molar-refractivity contribution in [2.45, 2.75) is 25.2 Å². The second kappa shape index (κ2) is 7.27. The fraction of sp³-hybridized carbons (Fsp3) is 0.389. The number of nitrogens with zero attached hydrogens (tertiary/aromatic N) is 2. The molecule has 28 heavy (non-hydrogen) atoms. The smallest absolute Gasteiger partial charge is 0.370 e. The molecule has 0 spiro atoms. The van der Waals surface area contributed by atoms with Crippen LogP contribution in [0.25, 0.3) is 0 Å². The zero-order chi connectivity index (χ0) is 20.6. The Labute approximate surface area is 157 Å². The van der Waals surface area contributed by atoms with Gasteiger partial charge in [-0.3, -0.25) is 14.2 Å². The standard InChI is InChI=1S/C18H18F3N3O4/c1-10-9-28-14(11-4-3-5-12(6-11)18(19,20)21)8-24(10)16(26)13-7-22-17(27)23(2)15(13)25/h3-7,10,14H,8-9H2,1-2H3,(H,22,27). The van der Waals surface area contributed by atoms with Crippen molar-refractivity contribution >= 4 is 5.91 Å². The Morgan fingerprint density at radius 1 is 1.29 bits per heavy atom. The second-order valence-electron chi connectivity index (χ2n) is 6.62. The highest BCUT2D eigenvalue weighted by molar-refractivity contribution is 5.93. The maximum atomic E-state index is 13.0. The van der Waals surface area contributed by atoms with Gasteiger partial charge < -0.3 is 14.6 Å². The summed E-state index contributed by atoms with van der Waals surface area (Å²) in [5.41, 5.74) is -2.14. The Kier molecular flexibility index (Phi) is 5.16. The highest BCUT2D eigenvalue weighted by Gasteiger charge is 2.35. The zero-order valence-corrected chi connectivity index (χ0v) is 15.1. The van der Waals surface area contributed by atoms with Crippen LogP contribution >= 0.6 is 0 Å². The van der Waals surface area contributed by atoms with E-state index in [2.05, 4.69) is 4.98 Å². The summed E-state index contributed by atoms with van der Waals surface area (Å²) in [7, 11) is 1.24. The Morgan fingerprint density at radius 3 is 2.68 bits per heavy atom. The fourth-order valence-corrected chi connectivity index (χ4v) is 3.03. The Morgan fingerprint density at radius 2 is 2.00 bits per heavy atom. The third-order valence-electron chi connectivity index (χ3n) is 4.69. The lowest BCUT2D eigenvalue weighted by molar-refractivity contribution is -0.137. The van der Waals surface area contributed by atoms with E-state index in [1.54, 1.807) is 6.92 Å². The number of benzene rings is 1. The number of ether oxygens (including phenoxy) is 1. The molecule has 2 heterocycles. The second-order valence-corrected chi connectivity index (χ2v) is 6.62. The van der Waals surface area contributed by atoms with Crippen LogP contribution in [0.1, 0.15) is 34.5 Å². The molecule has 1 aliphatic heterocycles. The molecule has 1 N–H and O–H groups in total. The largest absolute Gasteiger partial charge is 0.416 e. The van der Waals surface area contributed by atoms with Crippen LogP contribution in [0.2, 0.25) is 0 Å². The summed E-state index contributed by atoms with van der Waals surface area (Å²) in [5.74, 6) is -0.621. The van der Waals surface area contributed by atoms with Gasteiger partial charge in [0.2, 0.25) is 0 Å². The van der Waals surface area contributed by atoms with E-state index in [9.17, 15) is 27.6 Å². The molecule has 0 saturated carbocycles. The van der Waals surface area contributed by atoms with Crippen molar-refractivity contribution in [2.75, 3.05) is 13.2 Å². The molecule has 2 aromatic rings. The number of hydrogen-bond donors (Lipinski definition) is 1. The van der Waals surface area contributed by atoms with Crippen molar-refractivity contribution in [1.29, 1.82) is 0 Å². The van der Waals surface area contributed by atoms with Gasteiger partial charge in [0.1, 0.15) is 11.7 Å². The molecule has 1 amide bonds. The van der Waals surface area contributed by atoms with Crippen LogP contribution in [-0.2, 0) is 18.0 Å². The predicted octanol–water partition coefficient (Wildman–Crippen LogP) is 1.69. The highest BCUT2D eigenvalue weighted by atomic mass is 19.4. The molecule has 10 heteroatoms. The number of carbonyl (C=O) groups is 1. The molecule has 1 aromatic heterocycles. The number of H-pyrrole nitrogens is 1. The first kappa shape index (κ1) is 19.9. The molecule has 1 aromatic carbocycles. The molecular weight excluding hydrogens is 379 g/mol. The number of aromatic nitrogens is 2. The van der Waals surface area contributed by atoms with Gasteiger partial charge in [-0.1, -0.05) is 12.1 Å². The van der Waals surface area contributed by atoms with E-state index in [1.165, 1.54) is 24.1 Å². The SMILES string of the molecule is CC1COC(c2cccc(C(F)(F)F)c2)CN1C(=O)c1c[nH]c(=O)n(C)c1=O. The van der Waals surface area contributed by atoms with Crippen LogP contribution in [0.4, 0.5) is 13.2 Å².